The van der Waals surface area contributed by atoms with Gasteiger partial charge in [-0.3, -0.25) is 9.36 Å². The van der Waals surface area contributed by atoms with Crippen LogP contribution in [-0.2, 0) is 0 Å². The molecule has 3 rings (SSSR count). The minimum Gasteiger partial charge on any atom is -0.493 e. The number of hydrogen-bond donors (Lipinski definition) is 1. The molecule has 0 aliphatic rings. The maximum atomic E-state index is 12.6. The molecule has 22 heavy (non-hydrogen) atoms. The van der Waals surface area contributed by atoms with Gasteiger partial charge in [-0.2, -0.15) is 0 Å². The molecular weight excluding hydrogens is 286 g/mol. The van der Waals surface area contributed by atoms with E-state index in [0.717, 1.165) is 0 Å². The Kier molecular flexibility index (Phi) is 3.57. The number of methoxy groups -OCH3 is 2. The summed E-state index contributed by atoms with van der Waals surface area (Å²) in [4.78, 5) is 12.6. The number of nitrogens with one attached hydrogen (secondary N) is 1. The average Bonchev–Trinajstić information content (AvgIpc) is 3.08. The zero-order valence-corrected chi connectivity index (χ0v) is 12.0. The lowest BCUT2D eigenvalue weighted by molar-refractivity contribution is 0.355. The molecule has 0 bridgehead atoms. The second-order valence-electron chi connectivity index (χ2n) is 4.39. The third-order valence-electron chi connectivity index (χ3n) is 3.19. The van der Waals surface area contributed by atoms with Crippen molar-refractivity contribution < 1.29 is 9.47 Å². The highest BCUT2D eigenvalue weighted by molar-refractivity contribution is 5.54. The normalized spacial score (nSPS) is 10.5. The van der Waals surface area contributed by atoms with Gasteiger partial charge >= 0.3 is 0 Å². The van der Waals surface area contributed by atoms with Crippen molar-refractivity contribution in [2.24, 2.45) is 0 Å². The van der Waals surface area contributed by atoms with Crippen LogP contribution in [0.5, 0.6) is 11.5 Å². The van der Waals surface area contributed by atoms with Crippen LogP contribution in [0.15, 0.2) is 41.3 Å². The Bertz CT molecular complexity index is 842. The zero-order chi connectivity index (χ0) is 15.5. The lowest BCUT2D eigenvalue weighted by Gasteiger charge is -2.11. The number of tetrazole rings is 1. The van der Waals surface area contributed by atoms with Crippen LogP contribution >= 0.6 is 0 Å². The molecular formula is C14H13N5O3. The minimum absolute atomic E-state index is 0.242. The van der Waals surface area contributed by atoms with Gasteiger partial charge in [0.1, 0.15) is 0 Å². The predicted octanol–water partition coefficient (Wildman–Crippen LogP) is 1.03. The van der Waals surface area contributed by atoms with Crippen LogP contribution in [0.1, 0.15) is 0 Å². The summed E-state index contributed by atoms with van der Waals surface area (Å²) in [5.74, 6) is 1.45. The third-order valence-corrected chi connectivity index (χ3v) is 3.19. The number of benzene rings is 1. The molecule has 0 fully saturated rings. The van der Waals surface area contributed by atoms with Gasteiger partial charge in [-0.05, 0) is 34.7 Å². The summed E-state index contributed by atoms with van der Waals surface area (Å²) in [6, 6.07) is 8.63. The van der Waals surface area contributed by atoms with Crippen molar-refractivity contribution in [1.29, 1.82) is 0 Å². The predicted molar refractivity (Wildman–Crippen MR) is 78.3 cm³/mol. The molecule has 0 saturated heterocycles. The highest BCUT2D eigenvalue weighted by Crippen LogP contribution is 2.28. The first-order valence-corrected chi connectivity index (χ1v) is 6.42. The van der Waals surface area contributed by atoms with Crippen molar-refractivity contribution in [2.45, 2.75) is 0 Å². The Labute approximate surface area is 125 Å². The number of aromatic nitrogens is 5. The number of ether oxygens (including phenoxy) is 2. The second kappa shape index (κ2) is 5.68. The summed E-state index contributed by atoms with van der Waals surface area (Å²) < 4.78 is 11.9. The summed E-state index contributed by atoms with van der Waals surface area (Å²) >= 11 is 0. The number of pyridine rings is 1. The van der Waals surface area contributed by atoms with E-state index in [1.807, 2.05) is 0 Å². The number of H-pyrrole nitrogens is 1. The van der Waals surface area contributed by atoms with E-state index in [4.69, 9.17) is 9.47 Å². The molecule has 0 saturated carbocycles. The largest absolute Gasteiger partial charge is 0.493 e. The molecule has 1 aromatic carbocycles. The Morgan fingerprint density at radius 1 is 1.14 bits per heavy atom. The fraction of sp³-hybridized carbons (Fsp3) is 0.143. The zero-order valence-electron chi connectivity index (χ0n) is 12.0. The summed E-state index contributed by atoms with van der Waals surface area (Å²) in [5.41, 5.74) is 0.785. The Morgan fingerprint density at radius 3 is 2.64 bits per heavy atom. The first-order valence-electron chi connectivity index (χ1n) is 6.42. The van der Waals surface area contributed by atoms with Crippen LogP contribution in [0.4, 0.5) is 0 Å². The van der Waals surface area contributed by atoms with Gasteiger partial charge in [0.2, 0.25) is 0 Å². The van der Waals surface area contributed by atoms with Gasteiger partial charge in [0, 0.05) is 12.3 Å². The molecule has 0 amide bonds. The maximum absolute atomic E-state index is 12.6. The molecule has 8 heteroatoms. The van der Waals surface area contributed by atoms with Crippen LogP contribution < -0.4 is 15.0 Å². The van der Waals surface area contributed by atoms with Gasteiger partial charge in [-0.25, -0.2) is 5.10 Å². The Morgan fingerprint density at radius 2 is 1.95 bits per heavy atom. The average molecular weight is 299 g/mol. The van der Waals surface area contributed by atoms with E-state index in [1.165, 1.54) is 4.57 Å². The molecule has 2 heterocycles. The van der Waals surface area contributed by atoms with Crippen molar-refractivity contribution in [2.75, 3.05) is 14.2 Å². The molecule has 0 aliphatic carbocycles. The van der Waals surface area contributed by atoms with E-state index < -0.39 is 0 Å². The second-order valence-corrected chi connectivity index (χ2v) is 4.39. The quantitative estimate of drug-likeness (QED) is 0.773. The molecule has 112 valence electrons. The van der Waals surface area contributed by atoms with Gasteiger partial charge in [-0.1, -0.05) is 0 Å². The number of aromatic amines is 1. The molecule has 0 atom stereocenters. The topological polar surface area (TPSA) is 94.9 Å². The molecule has 3 aromatic rings. The van der Waals surface area contributed by atoms with Crippen LogP contribution in [0.3, 0.4) is 0 Å². The van der Waals surface area contributed by atoms with Crippen LogP contribution in [0.25, 0.3) is 17.1 Å². The van der Waals surface area contributed by atoms with E-state index in [9.17, 15) is 4.79 Å². The smallest absolute Gasteiger partial charge is 0.266 e. The highest BCUT2D eigenvalue weighted by Gasteiger charge is 2.12. The molecule has 1 N–H and O–H groups in total. The maximum Gasteiger partial charge on any atom is 0.266 e. The monoisotopic (exact) mass is 299 g/mol. The number of hydrogen-bond acceptors (Lipinski definition) is 6. The Balaban J connectivity index is 2.14. The molecule has 0 spiro atoms. The van der Waals surface area contributed by atoms with Crippen molar-refractivity contribution in [3.8, 4) is 28.6 Å². The molecule has 0 radical (unpaired) electrons. The van der Waals surface area contributed by atoms with Crippen LogP contribution in [-0.4, -0.2) is 39.4 Å². The van der Waals surface area contributed by atoms with Crippen molar-refractivity contribution in [1.82, 2.24) is 25.2 Å². The van der Waals surface area contributed by atoms with E-state index in [-0.39, 0.29) is 5.56 Å². The molecule has 2 aromatic heterocycles. The summed E-state index contributed by atoms with van der Waals surface area (Å²) in [6.07, 6.45) is 1.66. The minimum atomic E-state index is -0.242. The number of nitrogens with zero attached hydrogens (tertiary/aromatic N) is 4. The van der Waals surface area contributed by atoms with Crippen molar-refractivity contribution >= 4 is 0 Å². The summed E-state index contributed by atoms with van der Waals surface area (Å²) in [7, 11) is 3.10. The van der Waals surface area contributed by atoms with Crippen molar-refractivity contribution in [3.63, 3.8) is 0 Å². The van der Waals surface area contributed by atoms with Gasteiger partial charge < -0.3 is 9.47 Å². The third kappa shape index (κ3) is 2.30. The number of rotatable bonds is 4. The van der Waals surface area contributed by atoms with Gasteiger partial charge in [0.25, 0.3) is 5.56 Å². The highest BCUT2D eigenvalue weighted by atomic mass is 16.5. The summed E-state index contributed by atoms with van der Waals surface area (Å²) in [6.45, 7) is 0. The Hall–Kier alpha value is -3.16. The van der Waals surface area contributed by atoms with Crippen LogP contribution in [0, 0.1) is 0 Å². The standard InChI is InChI=1S/C14H13N5O3/c1-21-11-6-5-9(8-12(11)22-2)19-7-3-4-10(14(19)20)13-15-17-18-16-13/h3-8H,1-2H3,(H,15,16,17,18). The molecule has 0 aliphatic heterocycles. The molecule has 0 unspecified atom stereocenters. The van der Waals surface area contributed by atoms with Gasteiger partial charge in [-0.15, -0.1) is 5.10 Å². The fourth-order valence-electron chi connectivity index (χ4n) is 2.13. The van der Waals surface area contributed by atoms with E-state index in [2.05, 4.69) is 20.6 Å². The van der Waals surface area contributed by atoms with E-state index in [0.29, 0.717) is 28.6 Å². The molecule has 8 nitrogen and oxygen atoms in total. The SMILES string of the molecule is COc1ccc(-n2cccc(-c3nnn[nH]3)c2=O)cc1OC. The van der Waals surface area contributed by atoms with E-state index in [1.54, 1.807) is 50.7 Å². The fourth-order valence-corrected chi connectivity index (χ4v) is 2.13. The lowest BCUT2D eigenvalue weighted by Crippen LogP contribution is -2.19. The van der Waals surface area contributed by atoms with Gasteiger partial charge in [0.05, 0.1) is 25.5 Å². The first-order chi connectivity index (χ1) is 10.7. The van der Waals surface area contributed by atoms with Crippen molar-refractivity contribution in [3.05, 3.63) is 46.9 Å². The lowest BCUT2D eigenvalue weighted by atomic mass is 10.2. The van der Waals surface area contributed by atoms with E-state index >= 15 is 0 Å². The van der Waals surface area contributed by atoms with Gasteiger partial charge in [0.15, 0.2) is 17.3 Å². The summed E-state index contributed by atoms with van der Waals surface area (Å²) in [5, 5.41) is 13.3. The first kappa shape index (κ1) is 13.8. The van der Waals surface area contributed by atoms with Crippen LogP contribution in [0.2, 0.25) is 0 Å².